The molecule has 28 heavy (non-hydrogen) atoms. The maximum Gasteiger partial charge on any atom is 0.335 e. The van der Waals surface area contributed by atoms with E-state index in [0.717, 1.165) is 30.3 Å². The maximum atomic E-state index is 13.1. The van der Waals surface area contributed by atoms with Crippen LogP contribution in [0.2, 0.25) is 0 Å². The van der Waals surface area contributed by atoms with Gasteiger partial charge in [0, 0.05) is 5.69 Å². The molecule has 0 aliphatic rings. The first-order valence-corrected chi connectivity index (χ1v) is 9.31. The molecule has 11 heteroatoms. The first kappa shape index (κ1) is 21.4. The van der Waals surface area contributed by atoms with Crippen LogP contribution in [0.15, 0.2) is 53.4 Å². The van der Waals surface area contributed by atoms with Crippen molar-refractivity contribution in [2.45, 2.75) is 17.9 Å². The highest BCUT2D eigenvalue weighted by Crippen LogP contribution is 2.11. The highest BCUT2D eigenvalue weighted by Gasteiger charge is 2.20. The van der Waals surface area contributed by atoms with Gasteiger partial charge in [-0.15, -0.1) is 0 Å². The standard InChI is InChI=1S/C17H16F2N2O6S/c1-11(17(23)20-14-4-2-3-13(19)9-14)27-16(22)10-26-21-28(24,25)15-7-5-12(18)6-8-15/h2-9,11,21H,10H2,1H3,(H,20,23)/t11-/m1/s1. The third kappa shape index (κ3) is 6.37. The van der Waals surface area contributed by atoms with Gasteiger partial charge in [-0.3, -0.25) is 9.63 Å². The molecule has 1 amide bonds. The van der Waals surface area contributed by atoms with Gasteiger partial charge in [-0.05, 0) is 49.4 Å². The van der Waals surface area contributed by atoms with Crippen molar-refractivity contribution in [1.82, 2.24) is 4.89 Å². The van der Waals surface area contributed by atoms with Crippen molar-refractivity contribution in [1.29, 1.82) is 0 Å². The van der Waals surface area contributed by atoms with Gasteiger partial charge in [-0.1, -0.05) is 11.0 Å². The molecule has 0 fully saturated rings. The fourth-order valence-electron chi connectivity index (χ4n) is 1.92. The van der Waals surface area contributed by atoms with E-state index < -0.39 is 46.2 Å². The summed E-state index contributed by atoms with van der Waals surface area (Å²) in [5.41, 5.74) is 0.177. The summed E-state index contributed by atoms with van der Waals surface area (Å²) in [5, 5.41) is 2.36. The Morgan fingerprint density at radius 1 is 1.07 bits per heavy atom. The van der Waals surface area contributed by atoms with E-state index in [1.54, 1.807) is 4.89 Å². The Balaban J connectivity index is 1.79. The van der Waals surface area contributed by atoms with Gasteiger partial charge in [0.1, 0.15) is 11.6 Å². The fraction of sp³-hybridized carbons (Fsp3) is 0.176. The van der Waals surface area contributed by atoms with Crippen molar-refractivity contribution in [3.8, 4) is 0 Å². The largest absolute Gasteiger partial charge is 0.451 e. The van der Waals surface area contributed by atoms with Crippen molar-refractivity contribution < 1.29 is 36.4 Å². The molecule has 0 radical (unpaired) electrons. The topological polar surface area (TPSA) is 111 Å². The molecule has 0 saturated carbocycles. The minimum Gasteiger partial charge on any atom is -0.451 e. The van der Waals surface area contributed by atoms with Gasteiger partial charge < -0.3 is 10.1 Å². The number of rotatable bonds is 8. The lowest BCUT2D eigenvalue weighted by molar-refractivity contribution is -0.158. The predicted molar refractivity (Wildman–Crippen MR) is 93.3 cm³/mol. The molecule has 2 N–H and O–H groups in total. The first-order valence-electron chi connectivity index (χ1n) is 7.82. The van der Waals surface area contributed by atoms with Crippen LogP contribution in [-0.2, 0) is 29.2 Å². The molecule has 0 aliphatic carbocycles. The summed E-state index contributed by atoms with van der Waals surface area (Å²) in [5.74, 6) is -2.91. The van der Waals surface area contributed by atoms with Gasteiger partial charge in [0.25, 0.3) is 15.9 Å². The first-order chi connectivity index (χ1) is 13.2. The summed E-state index contributed by atoms with van der Waals surface area (Å²) >= 11 is 0. The van der Waals surface area contributed by atoms with Gasteiger partial charge in [-0.2, -0.15) is 0 Å². The van der Waals surface area contributed by atoms with Crippen molar-refractivity contribution >= 4 is 27.6 Å². The van der Waals surface area contributed by atoms with Crippen molar-refractivity contribution in [2.75, 3.05) is 11.9 Å². The van der Waals surface area contributed by atoms with Crippen LogP contribution < -0.4 is 10.2 Å². The second-order valence-electron chi connectivity index (χ2n) is 5.46. The zero-order chi connectivity index (χ0) is 20.7. The quantitative estimate of drug-likeness (QED) is 0.503. The molecule has 0 unspecified atom stereocenters. The average molecular weight is 414 g/mol. The zero-order valence-corrected chi connectivity index (χ0v) is 15.3. The Bertz CT molecular complexity index is 950. The Kier molecular flexibility index (Phi) is 7.15. The molecule has 1 atom stereocenters. The number of carbonyl (C=O) groups excluding carboxylic acids is 2. The van der Waals surface area contributed by atoms with Gasteiger partial charge in [-0.25, -0.2) is 22.0 Å². The van der Waals surface area contributed by atoms with E-state index in [1.807, 2.05) is 0 Å². The fourth-order valence-corrected chi connectivity index (χ4v) is 2.73. The van der Waals surface area contributed by atoms with E-state index in [1.165, 1.54) is 25.1 Å². The van der Waals surface area contributed by atoms with Crippen LogP contribution >= 0.6 is 0 Å². The number of benzene rings is 2. The Labute approximate surface area is 159 Å². The minimum atomic E-state index is -4.12. The van der Waals surface area contributed by atoms with Gasteiger partial charge in [0.2, 0.25) is 0 Å². The van der Waals surface area contributed by atoms with Crippen LogP contribution in [0.5, 0.6) is 0 Å². The summed E-state index contributed by atoms with van der Waals surface area (Å²) in [6, 6.07) is 9.04. The molecular formula is C17H16F2N2O6S. The Hall–Kier alpha value is -2.89. The number of halogens is 2. The number of amides is 1. The van der Waals surface area contributed by atoms with E-state index in [4.69, 9.17) is 4.74 Å². The van der Waals surface area contributed by atoms with Gasteiger partial charge >= 0.3 is 5.97 Å². The second-order valence-corrected chi connectivity index (χ2v) is 7.11. The van der Waals surface area contributed by atoms with Gasteiger partial charge in [0.05, 0.1) is 4.90 Å². The SMILES string of the molecule is C[C@@H](OC(=O)CONS(=O)(=O)c1ccc(F)cc1)C(=O)Nc1cccc(F)c1. The Morgan fingerprint density at radius 2 is 1.75 bits per heavy atom. The van der Waals surface area contributed by atoms with E-state index in [0.29, 0.717) is 0 Å². The summed E-state index contributed by atoms with van der Waals surface area (Å²) in [6.45, 7) is 0.452. The lowest BCUT2D eigenvalue weighted by Crippen LogP contribution is -2.33. The molecule has 0 aromatic heterocycles. The summed E-state index contributed by atoms with van der Waals surface area (Å²) in [4.78, 5) is 29.6. The highest BCUT2D eigenvalue weighted by atomic mass is 32.2. The van der Waals surface area contributed by atoms with Crippen LogP contribution in [-0.4, -0.2) is 33.0 Å². The zero-order valence-electron chi connectivity index (χ0n) is 14.5. The molecule has 0 aliphatic heterocycles. The molecule has 150 valence electrons. The number of hydrogen-bond donors (Lipinski definition) is 2. The lowest BCUT2D eigenvalue weighted by atomic mass is 10.3. The summed E-state index contributed by atoms with van der Waals surface area (Å²) < 4.78 is 54.5. The van der Waals surface area contributed by atoms with Crippen LogP contribution in [0.3, 0.4) is 0 Å². The normalized spacial score (nSPS) is 12.2. The molecule has 0 saturated heterocycles. The molecular weight excluding hydrogens is 398 g/mol. The number of hydrogen-bond acceptors (Lipinski definition) is 6. The average Bonchev–Trinajstić information content (AvgIpc) is 2.61. The van der Waals surface area contributed by atoms with Crippen LogP contribution in [0.4, 0.5) is 14.5 Å². The van der Waals surface area contributed by atoms with Crippen molar-refractivity contribution in [3.05, 3.63) is 60.2 Å². The number of ether oxygens (including phenoxy) is 1. The van der Waals surface area contributed by atoms with Crippen LogP contribution in [0.1, 0.15) is 6.92 Å². The second kappa shape index (κ2) is 9.35. The summed E-state index contributed by atoms with van der Waals surface area (Å²) in [6.07, 6.45) is -1.24. The van der Waals surface area contributed by atoms with E-state index in [9.17, 15) is 26.8 Å². The number of carbonyl (C=O) groups is 2. The number of nitrogens with one attached hydrogen (secondary N) is 2. The molecule has 2 rings (SSSR count). The number of esters is 1. The predicted octanol–water partition coefficient (Wildman–Crippen LogP) is 1.75. The van der Waals surface area contributed by atoms with E-state index in [2.05, 4.69) is 10.2 Å². The minimum absolute atomic E-state index is 0.177. The third-order valence-electron chi connectivity index (χ3n) is 3.25. The number of sulfonamides is 1. The summed E-state index contributed by atoms with van der Waals surface area (Å²) in [7, 11) is -4.12. The van der Waals surface area contributed by atoms with E-state index in [-0.39, 0.29) is 10.6 Å². The molecule has 8 nitrogen and oxygen atoms in total. The van der Waals surface area contributed by atoms with Crippen molar-refractivity contribution in [2.24, 2.45) is 0 Å². The third-order valence-corrected chi connectivity index (χ3v) is 4.48. The van der Waals surface area contributed by atoms with Gasteiger partial charge in [0.15, 0.2) is 12.7 Å². The molecule has 2 aromatic carbocycles. The molecule has 0 bridgehead atoms. The molecule has 2 aromatic rings. The van der Waals surface area contributed by atoms with Crippen molar-refractivity contribution in [3.63, 3.8) is 0 Å². The number of anilines is 1. The maximum absolute atomic E-state index is 13.1. The van der Waals surface area contributed by atoms with Crippen LogP contribution in [0, 0.1) is 11.6 Å². The highest BCUT2D eigenvalue weighted by molar-refractivity contribution is 7.89. The Morgan fingerprint density at radius 3 is 2.39 bits per heavy atom. The molecule has 0 spiro atoms. The van der Waals surface area contributed by atoms with Crippen LogP contribution in [0.25, 0.3) is 0 Å². The smallest absolute Gasteiger partial charge is 0.335 e. The molecule has 0 heterocycles. The monoisotopic (exact) mass is 414 g/mol. The van der Waals surface area contributed by atoms with E-state index >= 15 is 0 Å². The lowest BCUT2D eigenvalue weighted by Gasteiger charge is -2.13.